The van der Waals surface area contributed by atoms with Gasteiger partial charge in [0.1, 0.15) is 6.10 Å². The fourth-order valence-corrected chi connectivity index (χ4v) is 2.00. The van der Waals surface area contributed by atoms with Crippen LogP contribution in [0.15, 0.2) is 48.5 Å². The molecule has 1 fully saturated rings. The van der Waals surface area contributed by atoms with Crippen molar-refractivity contribution in [2.24, 2.45) is 0 Å². The largest absolute Gasteiger partial charge is 0.368 e. The van der Waals surface area contributed by atoms with Gasteiger partial charge in [-0.1, -0.05) is 54.1 Å². The number of benzene rings is 2. The second kappa shape index (κ2) is 3.76. The van der Waals surface area contributed by atoms with Gasteiger partial charge in [-0.2, -0.15) is 0 Å². The summed E-state index contributed by atoms with van der Waals surface area (Å²) in [5, 5.41) is 0. The molecule has 0 bridgehead atoms. The topological polar surface area (TPSA) is 12.5 Å². The highest BCUT2D eigenvalue weighted by atomic mass is 16.6. The molecule has 2 aromatic rings. The first-order valence-corrected chi connectivity index (χ1v) is 5.62. The maximum atomic E-state index is 5.38. The molecule has 1 atom stereocenters. The Kier molecular flexibility index (Phi) is 2.26. The molecular formula is C15H14O. The number of rotatable bonds is 2. The van der Waals surface area contributed by atoms with Gasteiger partial charge in [-0.25, -0.2) is 0 Å². The molecule has 16 heavy (non-hydrogen) atoms. The maximum absolute atomic E-state index is 5.38. The molecule has 0 aromatic heterocycles. The first kappa shape index (κ1) is 9.61. The average molecular weight is 210 g/mol. The summed E-state index contributed by atoms with van der Waals surface area (Å²) in [5.74, 6) is 0. The number of hydrogen-bond donors (Lipinski definition) is 0. The van der Waals surface area contributed by atoms with E-state index in [2.05, 4.69) is 55.5 Å². The van der Waals surface area contributed by atoms with Crippen molar-refractivity contribution in [3.05, 3.63) is 59.7 Å². The van der Waals surface area contributed by atoms with E-state index in [1.807, 2.05) is 0 Å². The minimum Gasteiger partial charge on any atom is -0.368 e. The molecule has 1 unspecified atom stereocenters. The molecule has 0 radical (unpaired) electrons. The maximum Gasteiger partial charge on any atom is 0.107 e. The monoisotopic (exact) mass is 210 g/mol. The lowest BCUT2D eigenvalue weighted by atomic mass is 9.97. The summed E-state index contributed by atoms with van der Waals surface area (Å²) in [4.78, 5) is 0. The van der Waals surface area contributed by atoms with Crippen molar-refractivity contribution in [1.82, 2.24) is 0 Å². The van der Waals surface area contributed by atoms with Crippen LogP contribution < -0.4 is 0 Å². The molecule has 1 aliphatic rings. The summed E-state index contributed by atoms with van der Waals surface area (Å²) in [6, 6.07) is 17.1. The van der Waals surface area contributed by atoms with Gasteiger partial charge in [0.2, 0.25) is 0 Å². The molecule has 0 spiro atoms. The van der Waals surface area contributed by atoms with Gasteiger partial charge < -0.3 is 4.74 Å². The lowest BCUT2D eigenvalue weighted by Crippen LogP contribution is -1.87. The summed E-state index contributed by atoms with van der Waals surface area (Å²) in [6.45, 7) is 2.97. The van der Waals surface area contributed by atoms with E-state index in [0.29, 0.717) is 6.10 Å². The van der Waals surface area contributed by atoms with E-state index in [9.17, 15) is 0 Å². The number of epoxide rings is 1. The van der Waals surface area contributed by atoms with Gasteiger partial charge in [-0.3, -0.25) is 0 Å². The van der Waals surface area contributed by atoms with Crippen LogP contribution >= 0.6 is 0 Å². The molecule has 2 aromatic carbocycles. The van der Waals surface area contributed by atoms with Crippen LogP contribution in [0.2, 0.25) is 0 Å². The SMILES string of the molecule is Cc1ccc(-c2ccccc2C2CO2)cc1. The number of hydrogen-bond acceptors (Lipinski definition) is 1. The van der Waals surface area contributed by atoms with Crippen molar-refractivity contribution in [3.8, 4) is 11.1 Å². The van der Waals surface area contributed by atoms with Crippen LogP contribution in [0.1, 0.15) is 17.2 Å². The third-order valence-electron chi connectivity index (χ3n) is 3.00. The van der Waals surface area contributed by atoms with Crippen molar-refractivity contribution in [3.63, 3.8) is 0 Å². The normalized spacial score (nSPS) is 18.4. The van der Waals surface area contributed by atoms with Gasteiger partial charge in [-0.05, 0) is 23.6 Å². The molecule has 0 N–H and O–H groups in total. The Morgan fingerprint density at radius 2 is 1.69 bits per heavy atom. The van der Waals surface area contributed by atoms with E-state index in [0.717, 1.165) is 6.61 Å². The van der Waals surface area contributed by atoms with Gasteiger partial charge in [0.15, 0.2) is 0 Å². The van der Waals surface area contributed by atoms with Gasteiger partial charge in [0.05, 0.1) is 6.61 Å². The van der Waals surface area contributed by atoms with Crippen LogP contribution in [0.5, 0.6) is 0 Å². The fourth-order valence-electron chi connectivity index (χ4n) is 2.00. The minimum absolute atomic E-state index is 0.317. The second-order valence-electron chi connectivity index (χ2n) is 4.28. The zero-order valence-corrected chi connectivity index (χ0v) is 9.31. The summed E-state index contributed by atoms with van der Waals surface area (Å²) in [5.41, 5.74) is 5.18. The number of aryl methyl sites for hydroxylation is 1. The smallest absolute Gasteiger partial charge is 0.107 e. The lowest BCUT2D eigenvalue weighted by molar-refractivity contribution is 0.416. The summed E-state index contributed by atoms with van der Waals surface area (Å²) in [6.07, 6.45) is 0.317. The minimum atomic E-state index is 0.317. The van der Waals surface area contributed by atoms with E-state index >= 15 is 0 Å². The molecule has 1 heteroatoms. The molecule has 0 saturated carbocycles. The van der Waals surface area contributed by atoms with E-state index < -0.39 is 0 Å². The van der Waals surface area contributed by atoms with Gasteiger partial charge in [0.25, 0.3) is 0 Å². The Labute approximate surface area is 95.7 Å². The van der Waals surface area contributed by atoms with Crippen molar-refractivity contribution in [1.29, 1.82) is 0 Å². The molecule has 1 heterocycles. The van der Waals surface area contributed by atoms with Crippen LogP contribution in [-0.2, 0) is 4.74 Å². The lowest BCUT2D eigenvalue weighted by Gasteiger charge is -2.07. The first-order valence-electron chi connectivity index (χ1n) is 5.62. The summed E-state index contributed by atoms with van der Waals surface area (Å²) in [7, 11) is 0. The van der Waals surface area contributed by atoms with Crippen molar-refractivity contribution < 1.29 is 4.74 Å². The fraction of sp³-hybridized carbons (Fsp3) is 0.200. The van der Waals surface area contributed by atoms with E-state index in [1.165, 1.54) is 22.3 Å². The van der Waals surface area contributed by atoms with Crippen LogP contribution in [0, 0.1) is 6.92 Å². The van der Waals surface area contributed by atoms with E-state index in [1.54, 1.807) is 0 Å². The highest BCUT2D eigenvalue weighted by Crippen LogP contribution is 2.36. The van der Waals surface area contributed by atoms with Gasteiger partial charge in [0, 0.05) is 0 Å². The van der Waals surface area contributed by atoms with Gasteiger partial charge in [-0.15, -0.1) is 0 Å². The van der Waals surface area contributed by atoms with Crippen molar-refractivity contribution in [2.75, 3.05) is 6.61 Å². The van der Waals surface area contributed by atoms with Crippen molar-refractivity contribution in [2.45, 2.75) is 13.0 Å². The Morgan fingerprint density at radius 3 is 2.38 bits per heavy atom. The molecule has 0 amide bonds. The van der Waals surface area contributed by atoms with Gasteiger partial charge >= 0.3 is 0 Å². The van der Waals surface area contributed by atoms with Crippen LogP contribution in [-0.4, -0.2) is 6.61 Å². The standard InChI is InChI=1S/C15H14O/c1-11-6-8-12(9-7-11)13-4-2-3-5-14(13)15-10-16-15/h2-9,15H,10H2,1H3. The quantitative estimate of drug-likeness (QED) is 0.688. The Balaban J connectivity index is 2.08. The molecule has 1 nitrogen and oxygen atoms in total. The summed E-state index contributed by atoms with van der Waals surface area (Å²) >= 11 is 0. The molecule has 80 valence electrons. The van der Waals surface area contributed by atoms with Crippen LogP contribution in [0.25, 0.3) is 11.1 Å². The Morgan fingerprint density at radius 1 is 1.00 bits per heavy atom. The Hall–Kier alpha value is -1.60. The molecule has 1 saturated heterocycles. The predicted molar refractivity (Wildman–Crippen MR) is 65.3 cm³/mol. The van der Waals surface area contributed by atoms with Crippen molar-refractivity contribution >= 4 is 0 Å². The first-order chi connectivity index (χ1) is 7.84. The number of ether oxygens (including phenoxy) is 1. The molecular weight excluding hydrogens is 196 g/mol. The summed E-state index contributed by atoms with van der Waals surface area (Å²) < 4.78 is 5.38. The van der Waals surface area contributed by atoms with E-state index in [4.69, 9.17) is 4.74 Å². The zero-order valence-electron chi connectivity index (χ0n) is 9.31. The Bertz CT molecular complexity index is 495. The predicted octanol–water partition coefficient (Wildman–Crippen LogP) is 3.73. The molecule has 1 aliphatic heterocycles. The highest BCUT2D eigenvalue weighted by Gasteiger charge is 2.27. The highest BCUT2D eigenvalue weighted by molar-refractivity contribution is 5.68. The second-order valence-corrected chi connectivity index (χ2v) is 4.28. The third-order valence-corrected chi connectivity index (χ3v) is 3.00. The third kappa shape index (κ3) is 1.74. The zero-order chi connectivity index (χ0) is 11.0. The van der Waals surface area contributed by atoms with E-state index in [-0.39, 0.29) is 0 Å². The van der Waals surface area contributed by atoms with Crippen LogP contribution in [0.4, 0.5) is 0 Å². The molecule has 0 aliphatic carbocycles. The van der Waals surface area contributed by atoms with Crippen LogP contribution in [0.3, 0.4) is 0 Å². The average Bonchev–Trinajstić information content (AvgIpc) is 3.14. The molecule has 3 rings (SSSR count).